The van der Waals surface area contributed by atoms with Crippen molar-refractivity contribution in [2.45, 2.75) is 33.1 Å². The largest absolute Gasteiger partial charge is 0.492 e. The average Bonchev–Trinajstić information content (AvgIpc) is 3.35. The lowest BCUT2D eigenvalue weighted by atomic mass is 9.92. The van der Waals surface area contributed by atoms with E-state index in [-0.39, 0.29) is 23.9 Å². The van der Waals surface area contributed by atoms with Crippen LogP contribution in [0.4, 0.5) is 16.3 Å². The van der Waals surface area contributed by atoms with Gasteiger partial charge in [-0.1, -0.05) is 62.7 Å². The topological polar surface area (TPSA) is 80.7 Å². The second kappa shape index (κ2) is 12.7. The van der Waals surface area contributed by atoms with Gasteiger partial charge >= 0.3 is 6.03 Å². The monoisotopic (exact) mass is 563 g/mol. The molecule has 1 saturated heterocycles. The highest BCUT2D eigenvalue weighted by atomic mass is 35.5. The molecule has 3 aromatic carbocycles. The Morgan fingerprint density at radius 2 is 1.68 bits per heavy atom. The summed E-state index contributed by atoms with van der Waals surface area (Å²) in [5.74, 6) is 1.41. The Morgan fingerprint density at radius 1 is 0.975 bits per heavy atom. The number of fused-ring (bicyclic) bond motifs is 1. The Bertz CT molecular complexity index is 1440. The highest BCUT2D eigenvalue weighted by molar-refractivity contribution is 6.07. The second-order valence-electron chi connectivity index (χ2n) is 11.0. The van der Waals surface area contributed by atoms with E-state index in [1.54, 1.807) is 4.68 Å². The molecule has 2 heterocycles. The second-order valence-corrected chi connectivity index (χ2v) is 11.0. The minimum atomic E-state index is -0.338. The zero-order valence-electron chi connectivity index (χ0n) is 23.6. The number of benzene rings is 3. The predicted molar refractivity (Wildman–Crippen MR) is 164 cm³/mol. The van der Waals surface area contributed by atoms with Gasteiger partial charge in [-0.2, -0.15) is 5.10 Å². The molecule has 0 radical (unpaired) electrons. The normalized spacial score (nSPS) is 14.0. The number of ether oxygens (including phenoxy) is 2. The number of rotatable bonds is 7. The van der Waals surface area contributed by atoms with E-state index in [0.717, 1.165) is 66.3 Å². The molecule has 212 valence electrons. The first-order chi connectivity index (χ1) is 18.8. The van der Waals surface area contributed by atoms with E-state index in [0.29, 0.717) is 18.1 Å². The van der Waals surface area contributed by atoms with Crippen molar-refractivity contribution >= 4 is 40.7 Å². The molecule has 0 saturated carbocycles. The van der Waals surface area contributed by atoms with Crippen molar-refractivity contribution in [3.05, 3.63) is 78.0 Å². The van der Waals surface area contributed by atoms with E-state index >= 15 is 0 Å². The minimum absolute atomic E-state index is 0. The fourth-order valence-electron chi connectivity index (χ4n) is 4.61. The number of carbonyl (C=O) groups excluding carboxylic acids is 1. The van der Waals surface area contributed by atoms with Crippen LogP contribution in [0, 0.1) is 6.92 Å². The maximum absolute atomic E-state index is 13.2. The van der Waals surface area contributed by atoms with Crippen LogP contribution in [0.25, 0.3) is 16.5 Å². The van der Waals surface area contributed by atoms with E-state index < -0.39 is 0 Å². The first kappa shape index (κ1) is 29.4. The van der Waals surface area contributed by atoms with Gasteiger partial charge in [0.25, 0.3) is 0 Å². The number of urea groups is 1. The van der Waals surface area contributed by atoms with Crippen LogP contribution >= 0.6 is 12.4 Å². The van der Waals surface area contributed by atoms with Crippen molar-refractivity contribution < 1.29 is 14.3 Å². The fourth-order valence-corrected chi connectivity index (χ4v) is 4.61. The molecule has 1 aliphatic heterocycles. The summed E-state index contributed by atoms with van der Waals surface area (Å²) in [6.07, 6.45) is 0. The van der Waals surface area contributed by atoms with Gasteiger partial charge in [0.15, 0.2) is 0 Å². The number of aromatic nitrogens is 2. The molecule has 0 spiro atoms. The number of hydrogen-bond donors (Lipinski definition) is 2. The number of morpholine rings is 1. The van der Waals surface area contributed by atoms with Gasteiger partial charge in [0, 0.05) is 41.9 Å². The van der Waals surface area contributed by atoms with Crippen LogP contribution in [0.1, 0.15) is 32.0 Å². The number of nitrogens with zero attached hydrogens (tertiary/aromatic N) is 3. The summed E-state index contributed by atoms with van der Waals surface area (Å²) < 4.78 is 13.4. The standard InChI is InChI=1S/C31H37N5O3.ClH/c1-22-9-11-23(12-10-22)36-29(21-28(34-36)31(2,3)4)33-30(37)32-26-13-14-27(25-8-6-5-7-24(25)26)39-20-17-35-15-18-38-19-16-35;/h5-14,21H,15-20H2,1-4H3,(H2,32,33,37);1H. The lowest BCUT2D eigenvalue weighted by molar-refractivity contribution is 0.0323. The Morgan fingerprint density at radius 3 is 2.38 bits per heavy atom. The molecule has 2 amide bonds. The van der Waals surface area contributed by atoms with Crippen molar-refractivity contribution in [3.63, 3.8) is 0 Å². The molecule has 8 nitrogen and oxygen atoms in total. The molecule has 1 aliphatic rings. The summed E-state index contributed by atoms with van der Waals surface area (Å²) in [6, 6.07) is 21.4. The number of hydrogen-bond acceptors (Lipinski definition) is 5. The van der Waals surface area contributed by atoms with Crippen molar-refractivity contribution in [1.82, 2.24) is 14.7 Å². The van der Waals surface area contributed by atoms with E-state index in [4.69, 9.17) is 14.6 Å². The SMILES string of the molecule is Cc1ccc(-n2nc(C(C)(C)C)cc2NC(=O)Nc2ccc(OCCN3CCOCC3)c3ccccc23)cc1.Cl. The molecule has 40 heavy (non-hydrogen) atoms. The van der Waals surface area contributed by atoms with Gasteiger partial charge in [0.05, 0.1) is 30.3 Å². The number of nitrogens with one attached hydrogen (secondary N) is 2. The zero-order valence-corrected chi connectivity index (χ0v) is 24.4. The number of carbonyl (C=O) groups is 1. The number of aryl methyl sites for hydroxylation is 1. The number of anilines is 2. The third-order valence-corrected chi connectivity index (χ3v) is 6.90. The summed E-state index contributed by atoms with van der Waals surface area (Å²) in [5, 5.41) is 12.7. The molecular weight excluding hydrogens is 526 g/mol. The highest BCUT2D eigenvalue weighted by Gasteiger charge is 2.22. The summed E-state index contributed by atoms with van der Waals surface area (Å²) >= 11 is 0. The van der Waals surface area contributed by atoms with Gasteiger partial charge in [-0.15, -0.1) is 12.4 Å². The molecule has 0 atom stereocenters. The average molecular weight is 564 g/mol. The lowest BCUT2D eigenvalue weighted by Crippen LogP contribution is -2.38. The van der Waals surface area contributed by atoms with Gasteiger partial charge < -0.3 is 14.8 Å². The highest BCUT2D eigenvalue weighted by Crippen LogP contribution is 2.32. The van der Waals surface area contributed by atoms with Crippen molar-refractivity contribution in [2.24, 2.45) is 0 Å². The van der Waals surface area contributed by atoms with Crippen molar-refractivity contribution in [2.75, 3.05) is 50.1 Å². The zero-order chi connectivity index (χ0) is 27.4. The van der Waals surface area contributed by atoms with Gasteiger partial charge in [-0.05, 0) is 31.2 Å². The Kier molecular flexibility index (Phi) is 9.35. The number of amides is 2. The lowest BCUT2D eigenvalue weighted by Gasteiger charge is -2.26. The third-order valence-electron chi connectivity index (χ3n) is 6.90. The summed E-state index contributed by atoms with van der Waals surface area (Å²) in [4.78, 5) is 15.6. The van der Waals surface area contributed by atoms with Crippen LogP contribution in [-0.2, 0) is 10.2 Å². The van der Waals surface area contributed by atoms with Crippen LogP contribution in [-0.4, -0.2) is 60.2 Å². The molecule has 2 N–H and O–H groups in total. The van der Waals surface area contributed by atoms with Crippen LogP contribution in [0.15, 0.2) is 66.7 Å². The number of halogens is 1. The Balaban J connectivity index is 0.00000370. The Hall–Kier alpha value is -3.59. The smallest absolute Gasteiger partial charge is 0.324 e. The minimum Gasteiger partial charge on any atom is -0.492 e. The third kappa shape index (κ3) is 6.94. The van der Waals surface area contributed by atoms with Gasteiger partial charge in [0.1, 0.15) is 18.2 Å². The molecule has 4 aromatic rings. The van der Waals surface area contributed by atoms with Crippen LogP contribution in [0.2, 0.25) is 0 Å². The maximum atomic E-state index is 13.2. The van der Waals surface area contributed by atoms with Crippen molar-refractivity contribution in [1.29, 1.82) is 0 Å². The molecule has 1 aromatic heterocycles. The molecule has 0 unspecified atom stereocenters. The quantitative estimate of drug-likeness (QED) is 0.272. The van der Waals surface area contributed by atoms with Crippen LogP contribution < -0.4 is 15.4 Å². The summed E-state index contributed by atoms with van der Waals surface area (Å²) in [7, 11) is 0. The van der Waals surface area contributed by atoms with Gasteiger partial charge in [0.2, 0.25) is 0 Å². The molecule has 9 heteroatoms. The first-order valence-electron chi connectivity index (χ1n) is 13.5. The van der Waals surface area contributed by atoms with E-state index in [1.807, 2.05) is 73.7 Å². The van der Waals surface area contributed by atoms with Crippen LogP contribution in [0.5, 0.6) is 5.75 Å². The first-order valence-corrected chi connectivity index (χ1v) is 13.5. The van der Waals surface area contributed by atoms with E-state index in [1.165, 1.54) is 0 Å². The van der Waals surface area contributed by atoms with Gasteiger partial charge in [-0.3, -0.25) is 10.2 Å². The van der Waals surface area contributed by atoms with Gasteiger partial charge in [-0.25, -0.2) is 9.48 Å². The van der Waals surface area contributed by atoms with E-state index in [2.05, 4.69) is 36.3 Å². The van der Waals surface area contributed by atoms with Crippen LogP contribution in [0.3, 0.4) is 0 Å². The fraction of sp³-hybridized carbons (Fsp3) is 0.355. The predicted octanol–water partition coefficient (Wildman–Crippen LogP) is 6.41. The molecule has 0 aliphatic carbocycles. The summed E-state index contributed by atoms with van der Waals surface area (Å²) in [5.41, 5.74) is 3.48. The molecular formula is C31H38ClN5O3. The molecule has 5 rings (SSSR count). The molecule has 0 bridgehead atoms. The van der Waals surface area contributed by atoms with Crippen molar-refractivity contribution in [3.8, 4) is 11.4 Å². The Labute approximate surface area is 242 Å². The maximum Gasteiger partial charge on any atom is 0.324 e. The molecule has 1 fully saturated rings. The summed E-state index contributed by atoms with van der Waals surface area (Å²) in [6.45, 7) is 13.2. The van der Waals surface area contributed by atoms with E-state index in [9.17, 15) is 4.79 Å².